The van der Waals surface area contributed by atoms with Crippen LogP contribution in [0.3, 0.4) is 0 Å². The number of morpholine rings is 1. The third-order valence-corrected chi connectivity index (χ3v) is 6.64. The third kappa shape index (κ3) is 4.27. The fourth-order valence-corrected chi connectivity index (χ4v) is 4.87. The summed E-state index contributed by atoms with van der Waals surface area (Å²) in [4.78, 5) is 38.0. The van der Waals surface area contributed by atoms with Gasteiger partial charge in [-0.15, -0.1) is 0 Å². The molecule has 0 aromatic carbocycles. The van der Waals surface area contributed by atoms with E-state index in [-0.39, 0.29) is 17.9 Å². The average molecular weight is 451 g/mol. The largest absolute Gasteiger partial charge is 0.378 e. The maximum Gasteiger partial charge on any atom is 0.245 e. The molecule has 1 atom stereocenters. The summed E-state index contributed by atoms with van der Waals surface area (Å²) in [6.07, 6.45) is 9.48. The van der Waals surface area contributed by atoms with Crippen LogP contribution in [0.2, 0.25) is 0 Å². The molecule has 4 heterocycles. The van der Waals surface area contributed by atoms with Gasteiger partial charge in [0, 0.05) is 32.0 Å². The van der Waals surface area contributed by atoms with Crippen molar-refractivity contribution in [3.05, 3.63) is 24.5 Å². The van der Waals surface area contributed by atoms with Crippen molar-refractivity contribution in [1.29, 1.82) is 0 Å². The number of amides is 1. The number of anilines is 1. The Morgan fingerprint density at radius 2 is 1.88 bits per heavy atom. The quantitative estimate of drug-likeness (QED) is 0.610. The second-order valence-electron chi connectivity index (χ2n) is 8.70. The summed E-state index contributed by atoms with van der Waals surface area (Å²) in [6, 6.07) is -0.332. The molecule has 10 heteroatoms. The van der Waals surface area contributed by atoms with Crippen molar-refractivity contribution in [3.63, 3.8) is 0 Å². The number of aromatic nitrogens is 6. The minimum atomic E-state index is -0.332. The smallest absolute Gasteiger partial charge is 0.245 e. The van der Waals surface area contributed by atoms with Gasteiger partial charge in [0.15, 0.2) is 17.0 Å². The number of carbonyl (C=O) groups excluding carboxylic acids is 1. The van der Waals surface area contributed by atoms with E-state index in [0.717, 1.165) is 42.7 Å². The van der Waals surface area contributed by atoms with Gasteiger partial charge in [-0.25, -0.2) is 24.9 Å². The molecule has 1 aliphatic heterocycles. The number of ether oxygens (including phenoxy) is 1. The molecular weight excluding hydrogens is 420 g/mol. The van der Waals surface area contributed by atoms with Gasteiger partial charge in [0.25, 0.3) is 0 Å². The highest BCUT2D eigenvalue weighted by Crippen LogP contribution is 2.32. The van der Waals surface area contributed by atoms with E-state index >= 15 is 0 Å². The number of aryl methyl sites for hydroxylation is 2. The fraction of sp³-hybridized carbons (Fsp3) is 0.565. The van der Waals surface area contributed by atoms with E-state index in [2.05, 4.69) is 32.2 Å². The highest BCUT2D eigenvalue weighted by atomic mass is 16.5. The lowest BCUT2D eigenvalue weighted by molar-refractivity contribution is -0.137. The predicted molar refractivity (Wildman–Crippen MR) is 124 cm³/mol. The van der Waals surface area contributed by atoms with Gasteiger partial charge in [-0.05, 0) is 32.6 Å². The Kier molecular flexibility index (Phi) is 6.17. The van der Waals surface area contributed by atoms with Crippen LogP contribution in [0.25, 0.3) is 22.6 Å². The summed E-state index contributed by atoms with van der Waals surface area (Å²) in [5, 5.41) is 3.50. The van der Waals surface area contributed by atoms with Gasteiger partial charge in [-0.3, -0.25) is 4.79 Å². The molecule has 0 spiro atoms. The van der Waals surface area contributed by atoms with Crippen LogP contribution in [0.1, 0.15) is 38.4 Å². The molecule has 174 valence electrons. The minimum Gasteiger partial charge on any atom is -0.378 e. The van der Waals surface area contributed by atoms with Crippen molar-refractivity contribution in [3.8, 4) is 11.4 Å². The summed E-state index contributed by atoms with van der Waals surface area (Å²) >= 11 is 0. The molecule has 33 heavy (non-hydrogen) atoms. The monoisotopic (exact) mass is 450 g/mol. The average Bonchev–Trinajstić information content (AvgIpc) is 3.51. The highest BCUT2D eigenvalue weighted by molar-refractivity contribution is 5.90. The number of hydrogen-bond acceptors (Lipinski definition) is 8. The lowest BCUT2D eigenvalue weighted by atomic mass is 9.96. The molecule has 1 amide bonds. The predicted octanol–water partition coefficient (Wildman–Crippen LogP) is 2.44. The minimum absolute atomic E-state index is 0.124. The summed E-state index contributed by atoms with van der Waals surface area (Å²) < 4.78 is 7.48. The summed E-state index contributed by atoms with van der Waals surface area (Å²) in [5.74, 6) is 2.46. The molecule has 3 aromatic rings. The topological polar surface area (TPSA) is 111 Å². The first-order chi connectivity index (χ1) is 16.2. The van der Waals surface area contributed by atoms with E-state index in [9.17, 15) is 4.79 Å². The van der Waals surface area contributed by atoms with E-state index in [0.29, 0.717) is 50.0 Å². The van der Waals surface area contributed by atoms with E-state index in [1.54, 1.807) is 18.7 Å². The fourth-order valence-electron chi connectivity index (χ4n) is 4.87. The Bertz CT molecular complexity index is 1120. The van der Waals surface area contributed by atoms with Gasteiger partial charge in [-0.2, -0.15) is 0 Å². The maximum atomic E-state index is 13.5. The van der Waals surface area contributed by atoms with Crippen molar-refractivity contribution in [2.24, 2.45) is 5.92 Å². The summed E-state index contributed by atoms with van der Waals surface area (Å²) in [7, 11) is 0. The van der Waals surface area contributed by atoms with Gasteiger partial charge in [0.2, 0.25) is 5.91 Å². The molecule has 3 aromatic heterocycles. The number of rotatable bonds is 6. The summed E-state index contributed by atoms with van der Waals surface area (Å²) in [5.41, 5.74) is 2.21. The molecule has 2 fully saturated rings. The van der Waals surface area contributed by atoms with Crippen LogP contribution < -0.4 is 5.32 Å². The van der Waals surface area contributed by atoms with Gasteiger partial charge in [0.1, 0.15) is 24.0 Å². The van der Waals surface area contributed by atoms with Crippen LogP contribution in [0.5, 0.6) is 0 Å². The van der Waals surface area contributed by atoms with Crippen LogP contribution in [0, 0.1) is 12.8 Å². The zero-order chi connectivity index (χ0) is 22.8. The molecule has 0 unspecified atom stereocenters. The van der Waals surface area contributed by atoms with Crippen LogP contribution in [0.4, 0.5) is 5.82 Å². The molecule has 1 saturated carbocycles. The Hall–Kier alpha value is -3.14. The second kappa shape index (κ2) is 9.38. The first-order valence-corrected chi connectivity index (χ1v) is 11.8. The van der Waals surface area contributed by atoms with E-state index in [1.807, 2.05) is 16.4 Å². The zero-order valence-electron chi connectivity index (χ0n) is 19.2. The van der Waals surface area contributed by atoms with Crippen molar-refractivity contribution in [2.75, 3.05) is 31.6 Å². The molecule has 1 N–H and O–H groups in total. The number of fused-ring (bicyclic) bond motifs is 1. The molecule has 2 aliphatic rings. The van der Waals surface area contributed by atoms with E-state index < -0.39 is 0 Å². The van der Waals surface area contributed by atoms with Crippen LogP contribution >= 0.6 is 0 Å². The number of hydrogen-bond donors (Lipinski definition) is 1. The first-order valence-electron chi connectivity index (χ1n) is 11.8. The second-order valence-corrected chi connectivity index (χ2v) is 8.70. The Labute approximate surface area is 192 Å². The van der Waals surface area contributed by atoms with E-state index in [4.69, 9.17) is 9.72 Å². The maximum absolute atomic E-state index is 13.5. The van der Waals surface area contributed by atoms with Crippen LogP contribution in [-0.2, 0) is 16.1 Å². The number of carbonyl (C=O) groups is 1. The Morgan fingerprint density at radius 3 is 2.58 bits per heavy atom. The number of imidazole rings is 1. The normalized spacial score (nSPS) is 18.1. The van der Waals surface area contributed by atoms with Crippen LogP contribution in [0.15, 0.2) is 18.7 Å². The van der Waals surface area contributed by atoms with Crippen molar-refractivity contribution < 1.29 is 9.53 Å². The zero-order valence-corrected chi connectivity index (χ0v) is 19.2. The van der Waals surface area contributed by atoms with Crippen molar-refractivity contribution in [1.82, 2.24) is 34.4 Å². The number of nitrogens with one attached hydrogen (secondary N) is 1. The molecule has 0 bridgehead atoms. The van der Waals surface area contributed by atoms with E-state index in [1.165, 1.54) is 0 Å². The van der Waals surface area contributed by atoms with Crippen molar-refractivity contribution >= 4 is 22.9 Å². The molecule has 5 rings (SSSR count). The Balaban J connectivity index is 1.52. The summed E-state index contributed by atoms with van der Waals surface area (Å²) in [6.45, 7) is 7.03. The molecule has 1 saturated heterocycles. The number of nitrogens with zero attached hydrogens (tertiary/aromatic N) is 7. The van der Waals surface area contributed by atoms with Gasteiger partial charge >= 0.3 is 0 Å². The third-order valence-electron chi connectivity index (χ3n) is 6.64. The van der Waals surface area contributed by atoms with Gasteiger partial charge in [-0.1, -0.05) is 12.8 Å². The molecule has 0 radical (unpaired) electrons. The highest BCUT2D eigenvalue weighted by Gasteiger charge is 2.35. The standard InChI is InChI=1S/C23H30N8O2/c1-3-31-21(17-12-24-15(2)25-13-17)29-19-20(26-14-27-22(19)31)28-18(16-6-4-5-7-16)23(32)30-8-10-33-11-9-30/h12-14,16,18H,3-11H2,1-2H3,(H,26,27,28)/t18-/m0/s1. The lowest BCUT2D eigenvalue weighted by Gasteiger charge is -2.33. The molecule has 1 aliphatic carbocycles. The lowest BCUT2D eigenvalue weighted by Crippen LogP contribution is -2.50. The van der Waals surface area contributed by atoms with Gasteiger partial charge in [0.05, 0.1) is 18.8 Å². The first kappa shape index (κ1) is 21.7. The van der Waals surface area contributed by atoms with Gasteiger partial charge < -0.3 is 19.5 Å². The van der Waals surface area contributed by atoms with Crippen molar-refractivity contribution in [2.45, 2.75) is 52.1 Å². The Morgan fingerprint density at radius 1 is 1.15 bits per heavy atom. The molecular formula is C23H30N8O2. The molecule has 10 nitrogen and oxygen atoms in total. The SMILES string of the molecule is CCn1c(-c2cnc(C)nc2)nc2c(N[C@H](C(=O)N3CCOCC3)C3CCCC3)ncnc21. The van der Waals surface area contributed by atoms with Crippen LogP contribution in [-0.4, -0.2) is 72.6 Å².